The topological polar surface area (TPSA) is 59.1 Å². The average molecular weight is 234 g/mol. The first-order chi connectivity index (χ1) is 7.68. The molecule has 3 nitrogen and oxygen atoms in total. The van der Waals surface area contributed by atoms with Gasteiger partial charge in [0.1, 0.15) is 0 Å². The third kappa shape index (κ3) is 2.23. The van der Waals surface area contributed by atoms with Crippen molar-refractivity contribution in [2.75, 3.05) is 5.73 Å². The number of hydrogen-bond donors (Lipinski definition) is 2. The van der Waals surface area contributed by atoms with Crippen molar-refractivity contribution < 1.29 is 5.11 Å². The van der Waals surface area contributed by atoms with Gasteiger partial charge in [-0.3, -0.25) is 0 Å². The lowest BCUT2D eigenvalue weighted by atomic mass is 9.95. The Kier molecular flexibility index (Phi) is 3.22. The van der Waals surface area contributed by atoms with Crippen LogP contribution in [0.4, 0.5) is 5.13 Å². The van der Waals surface area contributed by atoms with Gasteiger partial charge in [-0.05, 0) is 5.56 Å². The van der Waals surface area contributed by atoms with Gasteiger partial charge in [0.05, 0.1) is 11.0 Å². The quantitative estimate of drug-likeness (QED) is 0.858. The number of aromatic nitrogens is 1. The molecule has 0 saturated carbocycles. The minimum atomic E-state index is -0.544. The number of rotatable bonds is 3. The molecule has 1 aromatic heterocycles. The predicted octanol–water partition coefficient (Wildman–Crippen LogP) is 2.56. The monoisotopic (exact) mass is 234 g/mol. The number of benzene rings is 1. The van der Waals surface area contributed by atoms with Crippen molar-refractivity contribution in [2.24, 2.45) is 0 Å². The van der Waals surface area contributed by atoms with E-state index in [4.69, 9.17) is 5.73 Å². The molecule has 0 spiro atoms. The van der Waals surface area contributed by atoms with Crippen LogP contribution in [0, 0.1) is 0 Å². The SMILES string of the molecule is CC(c1ccccc1)C(O)c1cnc(N)s1. The highest BCUT2D eigenvalue weighted by atomic mass is 32.1. The molecule has 2 aromatic rings. The van der Waals surface area contributed by atoms with Crippen LogP contribution in [0.15, 0.2) is 36.5 Å². The van der Waals surface area contributed by atoms with Crippen molar-refractivity contribution in [1.82, 2.24) is 4.98 Å². The van der Waals surface area contributed by atoms with E-state index in [0.29, 0.717) is 5.13 Å². The van der Waals surface area contributed by atoms with E-state index in [0.717, 1.165) is 10.4 Å². The minimum Gasteiger partial charge on any atom is -0.387 e. The highest BCUT2D eigenvalue weighted by Gasteiger charge is 2.19. The number of nitrogens with zero attached hydrogens (tertiary/aromatic N) is 1. The molecule has 84 valence electrons. The van der Waals surface area contributed by atoms with Crippen molar-refractivity contribution in [3.63, 3.8) is 0 Å². The summed E-state index contributed by atoms with van der Waals surface area (Å²) in [5, 5.41) is 10.7. The second-order valence-electron chi connectivity index (χ2n) is 3.75. The number of anilines is 1. The van der Waals surface area contributed by atoms with Crippen molar-refractivity contribution in [3.05, 3.63) is 47.0 Å². The molecule has 0 aliphatic rings. The first kappa shape index (κ1) is 11.1. The van der Waals surface area contributed by atoms with Gasteiger partial charge in [0.15, 0.2) is 5.13 Å². The van der Waals surface area contributed by atoms with E-state index in [1.165, 1.54) is 11.3 Å². The van der Waals surface area contributed by atoms with E-state index >= 15 is 0 Å². The van der Waals surface area contributed by atoms with Crippen LogP contribution in [-0.4, -0.2) is 10.1 Å². The Hall–Kier alpha value is -1.39. The summed E-state index contributed by atoms with van der Waals surface area (Å²) in [6.07, 6.45) is 1.10. The van der Waals surface area contributed by atoms with Crippen LogP contribution in [0.25, 0.3) is 0 Å². The first-order valence-corrected chi connectivity index (χ1v) is 5.94. The van der Waals surface area contributed by atoms with Gasteiger partial charge in [0, 0.05) is 12.1 Å². The standard InChI is InChI=1S/C12H14N2OS/c1-8(9-5-3-2-4-6-9)11(15)10-7-14-12(13)16-10/h2-8,11,15H,1H3,(H2,13,14). The molecular formula is C12H14N2OS. The molecular weight excluding hydrogens is 220 g/mol. The maximum absolute atomic E-state index is 10.2. The van der Waals surface area contributed by atoms with Gasteiger partial charge in [-0.15, -0.1) is 0 Å². The largest absolute Gasteiger partial charge is 0.387 e. The molecule has 1 heterocycles. The smallest absolute Gasteiger partial charge is 0.180 e. The van der Waals surface area contributed by atoms with E-state index in [2.05, 4.69) is 4.98 Å². The fourth-order valence-electron chi connectivity index (χ4n) is 1.62. The van der Waals surface area contributed by atoms with Crippen LogP contribution in [0.5, 0.6) is 0 Å². The fourth-order valence-corrected chi connectivity index (χ4v) is 2.40. The predicted molar refractivity (Wildman–Crippen MR) is 66.3 cm³/mol. The summed E-state index contributed by atoms with van der Waals surface area (Å²) in [5.74, 6) is 0.0426. The summed E-state index contributed by atoms with van der Waals surface area (Å²) < 4.78 is 0. The Bertz CT molecular complexity index is 455. The molecule has 2 atom stereocenters. The van der Waals surface area contributed by atoms with Crippen molar-refractivity contribution >= 4 is 16.5 Å². The Morgan fingerprint density at radius 3 is 2.56 bits per heavy atom. The zero-order valence-corrected chi connectivity index (χ0v) is 9.82. The highest BCUT2D eigenvalue weighted by Crippen LogP contribution is 2.33. The molecule has 0 fully saturated rings. The first-order valence-electron chi connectivity index (χ1n) is 5.12. The second kappa shape index (κ2) is 4.63. The fraction of sp³-hybridized carbons (Fsp3) is 0.250. The zero-order chi connectivity index (χ0) is 11.5. The van der Waals surface area contributed by atoms with Gasteiger partial charge in [0.2, 0.25) is 0 Å². The number of nitrogens with two attached hydrogens (primary N) is 1. The Balaban J connectivity index is 2.19. The highest BCUT2D eigenvalue weighted by molar-refractivity contribution is 7.15. The Morgan fingerprint density at radius 1 is 1.31 bits per heavy atom. The summed E-state index contributed by atoms with van der Waals surface area (Å²) >= 11 is 1.34. The van der Waals surface area contributed by atoms with Crippen LogP contribution in [0.3, 0.4) is 0 Å². The lowest BCUT2D eigenvalue weighted by molar-refractivity contribution is 0.155. The van der Waals surface area contributed by atoms with Gasteiger partial charge in [0.25, 0.3) is 0 Å². The average Bonchev–Trinajstić information content (AvgIpc) is 2.75. The van der Waals surface area contributed by atoms with Gasteiger partial charge in [-0.25, -0.2) is 4.98 Å². The maximum Gasteiger partial charge on any atom is 0.180 e. The van der Waals surface area contributed by atoms with Crippen molar-refractivity contribution in [1.29, 1.82) is 0 Å². The Morgan fingerprint density at radius 2 is 2.00 bits per heavy atom. The molecule has 0 saturated heterocycles. The van der Waals surface area contributed by atoms with E-state index in [9.17, 15) is 5.11 Å². The third-order valence-electron chi connectivity index (χ3n) is 2.63. The molecule has 0 aliphatic carbocycles. The zero-order valence-electron chi connectivity index (χ0n) is 9.00. The summed E-state index contributed by atoms with van der Waals surface area (Å²) in [5.41, 5.74) is 6.66. The van der Waals surface area contributed by atoms with E-state index in [1.807, 2.05) is 37.3 Å². The van der Waals surface area contributed by atoms with Crippen molar-refractivity contribution in [2.45, 2.75) is 18.9 Å². The van der Waals surface area contributed by atoms with Gasteiger partial charge < -0.3 is 10.8 Å². The lowest BCUT2D eigenvalue weighted by Crippen LogP contribution is -2.05. The molecule has 4 heteroatoms. The van der Waals surface area contributed by atoms with E-state index < -0.39 is 6.10 Å². The molecule has 0 amide bonds. The van der Waals surface area contributed by atoms with Crippen LogP contribution < -0.4 is 5.73 Å². The lowest BCUT2D eigenvalue weighted by Gasteiger charge is -2.17. The molecule has 0 radical (unpaired) electrons. The van der Waals surface area contributed by atoms with Crippen molar-refractivity contribution in [3.8, 4) is 0 Å². The summed E-state index contributed by atoms with van der Waals surface area (Å²) in [6.45, 7) is 2.00. The molecule has 2 unspecified atom stereocenters. The number of thiazole rings is 1. The minimum absolute atomic E-state index is 0.0426. The molecule has 2 rings (SSSR count). The van der Waals surface area contributed by atoms with Crippen LogP contribution >= 0.6 is 11.3 Å². The number of nitrogen functional groups attached to an aromatic ring is 1. The maximum atomic E-state index is 10.2. The summed E-state index contributed by atoms with van der Waals surface area (Å²) in [4.78, 5) is 4.76. The molecule has 3 N–H and O–H groups in total. The molecule has 16 heavy (non-hydrogen) atoms. The molecule has 0 aliphatic heterocycles. The van der Waals surface area contributed by atoms with Gasteiger partial charge in [-0.1, -0.05) is 48.6 Å². The number of aliphatic hydroxyl groups is 1. The van der Waals surface area contributed by atoms with Gasteiger partial charge in [-0.2, -0.15) is 0 Å². The van der Waals surface area contributed by atoms with Crippen LogP contribution in [0.1, 0.15) is 29.4 Å². The molecule has 1 aromatic carbocycles. The number of aliphatic hydroxyl groups excluding tert-OH is 1. The number of hydrogen-bond acceptors (Lipinski definition) is 4. The third-order valence-corrected chi connectivity index (χ3v) is 3.53. The van der Waals surface area contributed by atoms with Crippen LogP contribution in [0.2, 0.25) is 0 Å². The van der Waals surface area contributed by atoms with Gasteiger partial charge >= 0.3 is 0 Å². The summed E-state index contributed by atoms with van der Waals surface area (Å²) in [7, 11) is 0. The molecule has 0 bridgehead atoms. The normalized spacial score (nSPS) is 14.6. The van der Waals surface area contributed by atoms with E-state index in [1.54, 1.807) is 6.20 Å². The summed E-state index contributed by atoms with van der Waals surface area (Å²) in [6, 6.07) is 9.93. The van der Waals surface area contributed by atoms with Crippen LogP contribution in [-0.2, 0) is 0 Å². The van der Waals surface area contributed by atoms with E-state index in [-0.39, 0.29) is 5.92 Å². The Labute approximate surface area is 98.6 Å². The second-order valence-corrected chi connectivity index (χ2v) is 4.84.